The molecule has 5 nitrogen and oxygen atoms in total. The number of aromatic nitrogens is 2. The molecule has 0 saturated carbocycles. The highest BCUT2D eigenvalue weighted by Crippen LogP contribution is 2.10. The molecule has 2 aromatic heterocycles. The molecule has 0 bridgehead atoms. The molecule has 5 heteroatoms. The summed E-state index contributed by atoms with van der Waals surface area (Å²) >= 11 is 0. The first-order valence-electron chi connectivity index (χ1n) is 5.13. The lowest BCUT2D eigenvalue weighted by Crippen LogP contribution is -2.17. The zero-order chi connectivity index (χ0) is 11.4. The quantitative estimate of drug-likeness (QED) is 0.788. The predicted molar refractivity (Wildman–Crippen MR) is 60.3 cm³/mol. The third kappa shape index (κ3) is 2.13. The van der Waals surface area contributed by atoms with Gasteiger partial charge in [0.1, 0.15) is 18.0 Å². The molecule has 0 aliphatic heterocycles. The van der Waals surface area contributed by atoms with Crippen LogP contribution in [0.5, 0.6) is 0 Å². The van der Waals surface area contributed by atoms with E-state index in [0.29, 0.717) is 6.61 Å². The number of hydrogen-bond acceptors (Lipinski definition) is 4. The maximum absolute atomic E-state index is 11.2. The van der Waals surface area contributed by atoms with Crippen molar-refractivity contribution in [3.63, 3.8) is 0 Å². The summed E-state index contributed by atoms with van der Waals surface area (Å²) in [5.41, 5.74) is 0.842. The van der Waals surface area contributed by atoms with Crippen molar-refractivity contribution < 1.29 is 9.53 Å². The van der Waals surface area contributed by atoms with Crippen LogP contribution in [-0.4, -0.2) is 28.5 Å². The summed E-state index contributed by atoms with van der Waals surface area (Å²) in [5, 5.41) is 3.01. The Morgan fingerprint density at radius 1 is 1.56 bits per heavy atom. The van der Waals surface area contributed by atoms with Gasteiger partial charge in [-0.2, -0.15) is 0 Å². The fourth-order valence-corrected chi connectivity index (χ4v) is 1.47. The zero-order valence-electron chi connectivity index (χ0n) is 9.01. The molecule has 2 rings (SSSR count). The summed E-state index contributed by atoms with van der Waals surface area (Å²) in [6.07, 6.45) is 3.55. The van der Waals surface area contributed by atoms with Crippen molar-refractivity contribution >= 4 is 17.4 Å². The van der Waals surface area contributed by atoms with E-state index >= 15 is 0 Å². The van der Waals surface area contributed by atoms with Gasteiger partial charge in [-0.15, -0.1) is 0 Å². The molecular weight excluding hydrogens is 206 g/mol. The Morgan fingerprint density at radius 3 is 3.25 bits per heavy atom. The number of rotatable bonds is 4. The van der Waals surface area contributed by atoms with Gasteiger partial charge in [0, 0.05) is 12.4 Å². The van der Waals surface area contributed by atoms with E-state index in [4.69, 9.17) is 4.74 Å². The van der Waals surface area contributed by atoms with E-state index < -0.39 is 0 Å². The second-order valence-corrected chi connectivity index (χ2v) is 3.23. The van der Waals surface area contributed by atoms with Crippen molar-refractivity contribution in [2.45, 2.75) is 6.92 Å². The van der Waals surface area contributed by atoms with Crippen molar-refractivity contribution in [2.24, 2.45) is 0 Å². The molecule has 0 aliphatic rings. The minimum absolute atomic E-state index is 0.158. The number of carbonyl (C=O) groups excluding carboxylic acids is 1. The van der Waals surface area contributed by atoms with E-state index in [2.05, 4.69) is 10.3 Å². The summed E-state index contributed by atoms with van der Waals surface area (Å²) in [4.78, 5) is 15.3. The first-order valence-corrected chi connectivity index (χ1v) is 5.13. The highest BCUT2D eigenvalue weighted by atomic mass is 16.5. The van der Waals surface area contributed by atoms with Gasteiger partial charge in [0.05, 0.1) is 6.61 Å². The van der Waals surface area contributed by atoms with E-state index in [1.54, 1.807) is 13.1 Å². The van der Waals surface area contributed by atoms with Crippen molar-refractivity contribution in [3.05, 3.63) is 30.6 Å². The second kappa shape index (κ2) is 4.65. The topological polar surface area (TPSA) is 55.6 Å². The average Bonchev–Trinajstić information content (AvgIpc) is 2.75. The molecule has 0 saturated heterocycles. The van der Waals surface area contributed by atoms with E-state index in [0.717, 1.165) is 11.5 Å². The fourth-order valence-electron chi connectivity index (χ4n) is 1.47. The summed E-state index contributed by atoms with van der Waals surface area (Å²) in [6, 6.07) is 5.67. The van der Waals surface area contributed by atoms with Crippen LogP contribution in [-0.2, 0) is 9.53 Å². The number of anilines is 1. The summed E-state index contributed by atoms with van der Waals surface area (Å²) < 4.78 is 6.71. The Balaban J connectivity index is 2.09. The lowest BCUT2D eigenvalue weighted by Gasteiger charge is -2.07. The lowest BCUT2D eigenvalue weighted by molar-refractivity contribution is -0.140. The largest absolute Gasteiger partial charge is 0.465 e. The number of esters is 1. The van der Waals surface area contributed by atoms with Crippen molar-refractivity contribution in [2.75, 3.05) is 18.5 Å². The number of carbonyl (C=O) groups is 1. The van der Waals surface area contributed by atoms with Gasteiger partial charge in [-0.3, -0.25) is 9.20 Å². The normalized spacial score (nSPS) is 10.3. The summed E-state index contributed by atoms with van der Waals surface area (Å²) in [5.74, 6) is 0.558. The molecule has 0 amide bonds. The summed E-state index contributed by atoms with van der Waals surface area (Å²) in [7, 11) is 0. The van der Waals surface area contributed by atoms with Crippen LogP contribution in [0.2, 0.25) is 0 Å². The molecule has 0 aromatic carbocycles. The van der Waals surface area contributed by atoms with Gasteiger partial charge >= 0.3 is 5.97 Å². The van der Waals surface area contributed by atoms with E-state index in [9.17, 15) is 4.79 Å². The number of imidazole rings is 1. The molecule has 0 atom stereocenters. The molecule has 0 radical (unpaired) electrons. The van der Waals surface area contributed by atoms with Crippen molar-refractivity contribution in [1.29, 1.82) is 0 Å². The average molecular weight is 219 g/mol. The molecule has 16 heavy (non-hydrogen) atoms. The van der Waals surface area contributed by atoms with Crippen LogP contribution in [0, 0.1) is 0 Å². The maximum atomic E-state index is 11.2. The first kappa shape index (κ1) is 10.5. The number of hydrogen-bond donors (Lipinski definition) is 1. The molecule has 1 N–H and O–H groups in total. The smallest absolute Gasteiger partial charge is 0.325 e. The highest BCUT2D eigenvalue weighted by Gasteiger charge is 2.03. The molecule has 2 aromatic rings. The monoisotopic (exact) mass is 219 g/mol. The summed E-state index contributed by atoms with van der Waals surface area (Å²) in [6.45, 7) is 2.34. The minimum atomic E-state index is -0.264. The van der Waals surface area contributed by atoms with E-state index in [1.165, 1.54) is 0 Å². The van der Waals surface area contributed by atoms with Crippen LogP contribution in [0.4, 0.5) is 5.82 Å². The molecule has 0 spiro atoms. The Labute approximate surface area is 93.1 Å². The number of fused-ring (bicyclic) bond motifs is 1. The van der Waals surface area contributed by atoms with Crippen molar-refractivity contribution in [1.82, 2.24) is 9.38 Å². The van der Waals surface area contributed by atoms with Crippen LogP contribution in [0.25, 0.3) is 5.65 Å². The number of pyridine rings is 1. The number of ether oxygens (including phenoxy) is 1. The number of nitrogens with zero attached hydrogens (tertiary/aromatic N) is 2. The number of nitrogens with one attached hydrogen (secondary N) is 1. The van der Waals surface area contributed by atoms with Gasteiger partial charge in [0.2, 0.25) is 0 Å². The van der Waals surface area contributed by atoms with Gasteiger partial charge in [-0.05, 0) is 19.1 Å². The van der Waals surface area contributed by atoms with Gasteiger partial charge < -0.3 is 10.1 Å². The predicted octanol–water partition coefficient (Wildman–Crippen LogP) is 1.31. The van der Waals surface area contributed by atoms with E-state index in [-0.39, 0.29) is 12.5 Å². The van der Waals surface area contributed by atoms with Crippen LogP contribution >= 0.6 is 0 Å². The molecule has 84 valence electrons. The van der Waals surface area contributed by atoms with Crippen molar-refractivity contribution in [3.8, 4) is 0 Å². The van der Waals surface area contributed by atoms with Crippen LogP contribution < -0.4 is 5.32 Å². The Kier molecular flexibility index (Phi) is 3.05. The molecule has 0 aliphatic carbocycles. The fraction of sp³-hybridized carbons (Fsp3) is 0.273. The molecule has 0 fully saturated rings. The molecule has 0 unspecified atom stereocenters. The second-order valence-electron chi connectivity index (χ2n) is 3.23. The SMILES string of the molecule is CCOC(=O)CNc1cccc2nccn12. The standard InChI is InChI=1S/C11H13N3O2/c1-2-16-11(15)8-13-10-5-3-4-9-12-6-7-14(9)10/h3-7,13H,2,8H2,1H3. The Hall–Kier alpha value is -2.04. The third-order valence-electron chi connectivity index (χ3n) is 2.15. The molecular formula is C11H13N3O2. The van der Waals surface area contributed by atoms with Crippen LogP contribution in [0.15, 0.2) is 30.6 Å². The van der Waals surface area contributed by atoms with Crippen LogP contribution in [0.3, 0.4) is 0 Å². The van der Waals surface area contributed by atoms with Gasteiger partial charge in [-0.1, -0.05) is 6.07 Å². The lowest BCUT2D eigenvalue weighted by atomic mass is 10.4. The maximum Gasteiger partial charge on any atom is 0.325 e. The molecule has 2 heterocycles. The Bertz CT molecular complexity index is 493. The Morgan fingerprint density at radius 2 is 2.44 bits per heavy atom. The van der Waals surface area contributed by atoms with Gasteiger partial charge in [0.25, 0.3) is 0 Å². The van der Waals surface area contributed by atoms with Crippen LogP contribution in [0.1, 0.15) is 6.92 Å². The zero-order valence-corrected chi connectivity index (χ0v) is 9.01. The minimum Gasteiger partial charge on any atom is -0.465 e. The van der Waals surface area contributed by atoms with Gasteiger partial charge in [-0.25, -0.2) is 4.98 Å². The highest BCUT2D eigenvalue weighted by molar-refractivity contribution is 5.74. The first-order chi connectivity index (χ1) is 7.81. The van der Waals surface area contributed by atoms with Gasteiger partial charge in [0.15, 0.2) is 0 Å². The van der Waals surface area contributed by atoms with E-state index in [1.807, 2.05) is 28.8 Å². The third-order valence-corrected chi connectivity index (χ3v) is 2.15.